The number of ether oxygens (including phenoxy) is 1. The number of aryl methyl sites for hydroxylation is 1. The van der Waals surface area contributed by atoms with Gasteiger partial charge in [-0.05, 0) is 61.7 Å². The summed E-state index contributed by atoms with van der Waals surface area (Å²) in [4.78, 5) is 17.5. The number of aromatic nitrogens is 4. The first-order valence-corrected chi connectivity index (χ1v) is 10.8. The van der Waals surface area contributed by atoms with Crippen molar-refractivity contribution in [2.24, 2.45) is 0 Å². The first kappa shape index (κ1) is 19.9. The summed E-state index contributed by atoms with van der Waals surface area (Å²) < 4.78 is 8.74. The molecule has 0 aliphatic heterocycles. The van der Waals surface area contributed by atoms with Crippen molar-refractivity contribution in [3.8, 4) is 17.4 Å². The van der Waals surface area contributed by atoms with Gasteiger partial charge >= 0.3 is 0 Å². The molecule has 0 aliphatic rings. The highest BCUT2D eigenvalue weighted by Gasteiger charge is 2.11. The first-order chi connectivity index (χ1) is 15.6. The van der Waals surface area contributed by atoms with Gasteiger partial charge in [0, 0.05) is 22.1 Å². The molecular formula is C24H19N5O2S. The van der Waals surface area contributed by atoms with Gasteiger partial charge in [-0.15, -0.1) is 21.5 Å². The maximum atomic E-state index is 12.6. The maximum Gasteiger partial charge on any atom is 0.265 e. The Bertz CT molecular complexity index is 1370. The molecule has 0 saturated heterocycles. The molecule has 1 amide bonds. The SMILES string of the molecule is Cc1ncn(-c2ccc(Oc3ccc(NC(=O)c4cc5ccccc5s4)cc3)nn2)c1C. The van der Waals surface area contributed by atoms with Crippen LogP contribution in [0.15, 0.2) is 73.1 Å². The molecule has 3 heterocycles. The van der Waals surface area contributed by atoms with Gasteiger partial charge < -0.3 is 10.1 Å². The van der Waals surface area contributed by atoms with E-state index in [1.807, 2.05) is 54.8 Å². The second-order valence-corrected chi connectivity index (χ2v) is 8.33. The lowest BCUT2D eigenvalue weighted by molar-refractivity contribution is 0.103. The van der Waals surface area contributed by atoms with E-state index in [2.05, 4.69) is 20.5 Å². The average molecular weight is 442 g/mol. The second kappa shape index (κ2) is 8.24. The molecule has 3 aromatic heterocycles. The number of imidazole rings is 1. The number of thiophene rings is 1. The number of carbonyl (C=O) groups is 1. The average Bonchev–Trinajstić information content (AvgIpc) is 3.39. The highest BCUT2D eigenvalue weighted by atomic mass is 32.1. The second-order valence-electron chi connectivity index (χ2n) is 7.24. The molecule has 5 rings (SSSR count). The summed E-state index contributed by atoms with van der Waals surface area (Å²) in [6.07, 6.45) is 1.72. The molecule has 158 valence electrons. The first-order valence-electron chi connectivity index (χ1n) is 9.99. The summed E-state index contributed by atoms with van der Waals surface area (Å²) in [7, 11) is 0. The van der Waals surface area contributed by atoms with E-state index in [4.69, 9.17) is 4.74 Å². The minimum absolute atomic E-state index is 0.133. The van der Waals surface area contributed by atoms with Crippen molar-refractivity contribution < 1.29 is 9.53 Å². The van der Waals surface area contributed by atoms with E-state index >= 15 is 0 Å². The summed E-state index contributed by atoms with van der Waals surface area (Å²) in [6, 6.07) is 20.6. The van der Waals surface area contributed by atoms with Crippen molar-refractivity contribution in [1.82, 2.24) is 19.7 Å². The van der Waals surface area contributed by atoms with Crippen molar-refractivity contribution >= 4 is 33.0 Å². The molecule has 1 N–H and O–H groups in total. The van der Waals surface area contributed by atoms with E-state index in [-0.39, 0.29) is 5.91 Å². The zero-order valence-electron chi connectivity index (χ0n) is 17.4. The van der Waals surface area contributed by atoms with Crippen molar-refractivity contribution in [2.45, 2.75) is 13.8 Å². The number of rotatable bonds is 5. The Labute approximate surface area is 188 Å². The van der Waals surface area contributed by atoms with E-state index in [0.29, 0.717) is 28.0 Å². The summed E-state index contributed by atoms with van der Waals surface area (Å²) >= 11 is 1.47. The van der Waals surface area contributed by atoms with Crippen molar-refractivity contribution in [2.75, 3.05) is 5.32 Å². The zero-order chi connectivity index (χ0) is 22.1. The number of nitrogens with one attached hydrogen (secondary N) is 1. The number of benzene rings is 2. The van der Waals surface area contributed by atoms with Gasteiger partial charge in [0.05, 0.1) is 10.6 Å². The van der Waals surface area contributed by atoms with Crippen LogP contribution in [0.4, 0.5) is 5.69 Å². The largest absolute Gasteiger partial charge is 0.438 e. The van der Waals surface area contributed by atoms with Crippen LogP contribution < -0.4 is 10.1 Å². The van der Waals surface area contributed by atoms with Gasteiger partial charge in [-0.25, -0.2) is 4.98 Å². The van der Waals surface area contributed by atoms with Crippen LogP contribution in [0.5, 0.6) is 11.6 Å². The molecule has 5 aromatic rings. The number of fused-ring (bicyclic) bond motifs is 1. The summed E-state index contributed by atoms with van der Waals surface area (Å²) in [5.41, 5.74) is 2.65. The lowest BCUT2D eigenvalue weighted by atomic mass is 10.2. The minimum Gasteiger partial charge on any atom is -0.438 e. The van der Waals surface area contributed by atoms with Gasteiger partial charge in [0.1, 0.15) is 12.1 Å². The lowest BCUT2D eigenvalue weighted by Crippen LogP contribution is -2.09. The molecule has 0 atom stereocenters. The molecule has 0 fully saturated rings. The molecule has 8 heteroatoms. The van der Waals surface area contributed by atoms with Gasteiger partial charge in [0.25, 0.3) is 5.91 Å². The predicted molar refractivity (Wildman–Crippen MR) is 125 cm³/mol. The quantitative estimate of drug-likeness (QED) is 0.387. The van der Waals surface area contributed by atoms with Crippen LogP contribution in [-0.4, -0.2) is 25.7 Å². The molecule has 0 radical (unpaired) electrons. The van der Waals surface area contributed by atoms with Crippen LogP contribution in [0.25, 0.3) is 15.9 Å². The van der Waals surface area contributed by atoms with Crippen LogP contribution in [-0.2, 0) is 0 Å². The van der Waals surface area contributed by atoms with E-state index in [1.165, 1.54) is 11.3 Å². The zero-order valence-corrected chi connectivity index (χ0v) is 18.3. The molecular weight excluding hydrogens is 422 g/mol. The molecule has 0 unspecified atom stereocenters. The van der Waals surface area contributed by atoms with E-state index in [0.717, 1.165) is 21.5 Å². The standard InChI is InChI=1S/C24H19N5O2S/c1-15-16(2)29(14-25-15)22-11-12-23(28-27-22)31-19-9-7-18(8-10-19)26-24(30)21-13-17-5-3-4-6-20(17)32-21/h3-14H,1-2H3,(H,26,30). The fourth-order valence-corrected chi connectivity index (χ4v) is 4.20. The van der Waals surface area contributed by atoms with Crippen LogP contribution >= 0.6 is 11.3 Å². The normalized spacial score (nSPS) is 10.9. The number of anilines is 1. The van der Waals surface area contributed by atoms with Gasteiger partial charge in [0.15, 0.2) is 5.82 Å². The smallest absolute Gasteiger partial charge is 0.265 e. The van der Waals surface area contributed by atoms with E-state index < -0.39 is 0 Å². The predicted octanol–water partition coefficient (Wildman–Crippen LogP) is 5.54. The highest BCUT2D eigenvalue weighted by Crippen LogP contribution is 2.27. The van der Waals surface area contributed by atoms with Crippen LogP contribution in [0, 0.1) is 13.8 Å². The molecule has 0 aliphatic carbocycles. The van der Waals surface area contributed by atoms with E-state index in [1.54, 1.807) is 36.7 Å². The van der Waals surface area contributed by atoms with Gasteiger partial charge in [-0.2, -0.15) is 0 Å². The Hall–Kier alpha value is -4.04. The fourth-order valence-electron chi connectivity index (χ4n) is 3.24. The van der Waals surface area contributed by atoms with E-state index in [9.17, 15) is 4.79 Å². The minimum atomic E-state index is -0.133. The summed E-state index contributed by atoms with van der Waals surface area (Å²) in [5.74, 6) is 1.52. The number of hydrogen-bond acceptors (Lipinski definition) is 6. The Balaban J connectivity index is 1.24. The third-order valence-corrected chi connectivity index (χ3v) is 6.22. The highest BCUT2D eigenvalue weighted by molar-refractivity contribution is 7.20. The lowest BCUT2D eigenvalue weighted by Gasteiger charge is -2.08. The topological polar surface area (TPSA) is 81.9 Å². The molecule has 2 aromatic carbocycles. The van der Waals surface area contributed by atoms with Crippen LogP contribution in [0.1, 0.15) is 21.1 Å². The monoisotopic (exact) mass is 441 g/mol. The van der Waals surface area contributed by atoms with Gasteiger partial charge in [0.2, 0.25) is 5.88 Å². The molecule has 0 spiro atoms. The Morgan fingerprint density at radius 3 is 2.50 bits per heavy atom. The van der Waals surface area contributed by atoms with Crippen LogP contribution in [0.3, 0.4) is 0 Å². The number of amides is 1. The number of carbonyl (C=O) groups excluding carboxylic acids is 1. The van der Waals surface area contributed by atoms with Crippen molar-refractivity contribution in [3.05, 3.63) is 89.3 Å². The van der Waals surface area contributed by atoms with Gasteiger partial charge in [-0.1, -0.05) is 18.2 Å². The summed E-state index contributed by atoms with van der Waals surface area (Å²) in [5, 5.41) is 12.4. The third-order valence-electron chi connectivity index (χ3n) is 5.11. The molecule has 7 nitrogen and oxygen atoms in total. The fraction of sp³-hybridized carbons (Fsp3) is 0.0833. The summed E-state index contributed by atoms with van der Waals surface area (Å²) in [6.45, 7) is 3.93. The number of nitrogens with zero attached hydrogens (tertiary/aromatic N) is 4. The molecule has 32 heavy (non-hydrogen) atoms. The number of hydrogen-bond donors (Lipinski definition) is 1. The molecule has 0 bridgehead atoms. The van der Waals surface area contributed by atoms with Crippen molar-refractivity contribution in [1.29, 1.82) is 0 Å². The van der Waals surface area contributed by atoms with Crippen molar-refractivity contribution in [3.63, 3.8) is 0 Å². The van der Waals surface area contributed by atoms with Gasteiger partial charge in [-0.3, -0.25) is 9.36 Å². The Morgan fingerprint density at radius 1 is 1.00 bits per heavy atom. The maximum absolute atomic E-state index is 12.6. The Kier molecular flexibility index (Phi) is 5.12. The van der Waals surface area contributed by atoms with Crippen LogP contribution in [0.2, 0.25) is 0 Å². The Morgan fingerprint density at radius 2 is 1.81 bits per heavy atom. The third kappa shape index (κ3) is 3.95. The molecule has 0 saturated carbocycles.